The second-order valence-electron chi connectivity index (χ2n) is 4.51. The summed E-state index contributed by atoms with van der Waals surface area (Å²) in [6.07, 6.45) is 3.78. The zero-order chi connectivity index (χ0) is 9.90. The molecular weight excluding hydrogens is 164 g/mol. The molecule has 0 aromatic carbocycles. The summed E-state index contributed by atoms with van der Waals surface area (Å²) in [4.78, 5) is 2.41. The molecule has 1 aliphatic rings. The van der Waals surface area contributed by atoms with Gasteiger partial charge in [0.25, 0.3) is 0 Å². The standard InChI is InChI=1S/C10H22N2O/c1-3-6-12(9-4-5-9)7-10(2,11)8-13/h9,13H,3-8,11H2,1-2H3. The molecule has 1 rings (SSSR count). The van der Waals surface area contributed by atoms with Crippen LogP contribution in [0.15, 0.2) is 0 Å². The highest BCUT2D eigenvalue weighted by Crippen LogP contribution is 2.27. The second-order valence-corrected chi connectivity index (χ2v) is 4.51. The van der Waals surface area contributed by atoms with Crippen LogP contribution in [-0.2, 0) is 0 Å². The monoisotopic (exact) mass is 186 g/mol. The average molecular weight is 186 g/mol. The van der Waals surface area contributed by atoms with Gasteiger partial charge in [0.15, 0.2) is 0 Å². The maximum atomic E-state index is 9.06. The number of hydrogen-bond donors (Lipinski definition) is 2. The lowest BCUT2D eigenvalue weighted by atomic mass is 10.0. The normalized spacial score (nSPS) is 21.9. The van der Waals surface area contributed by atoms with Crippen LogP contribution in [0.4, 0.5) is 0 Å². The van der Waals surface area contributed by atoms with Crippen molar-refractivity contribution < 1.29 is 5.11 Å². The molecule has 1 aliphatic carbocycles. The first-order valence-electron chi connectivity index (χ1n) is 5.23. The molecule has 78 valence electrons. The van der Waals surface area contributed by atoms with E-state index in [9.17, 15) is 0 Å². The maximum absolute atomic E-state index is 9.06. The molecule has 0 aromatic rings. The van der Waals surface area contributed by atoms with Crippen LogP contribution < -0.4 is 5.73 Å². The lowest BCUT2D eigenvalue weighted by molar-refractivity contribution is 0.143. The molecule has 0 aliphatic heterocycles. The van der Waals surface area contributed by atoms with E-state index in [0.29, 0.717) is 0 Å². The van der Waals surface area contributed by atoms with E-state index in [1.54, 1.807) is 0 Å². The Hall–Kier alpha value is -0.120. The van der Waals surface area contributed by atoms with Crippen molar-refractivity contribution in [2.75, 3.05) is 19.7 Å². The van der Waals surface area contributed by atoms with Gasteiger partial charge in [0.1, 0.15) is 0 Å². The molecule has 3 N–H and O–H groups in total. The van der Waals surface area contributed by atoms with Crippen molar-refractivity contribution in [2.24, 2.45) is 5.73 Å². The zero-order valence-electron chi connectivity index (χ0n) is 8.79. The Bertz CT molecular complexity index is 155. The fourth-order valence-corrected chi connectivity index (χ4v) is 1.63. The Morgan fingerprint density at radius 1 is 1.54 bits per heavy atom. The van der Waals surface area contributed by atoms with Gasteiger partial charge >= 0.3 is 0 Å². The number of nitrogens with zero attached hydrogens (tertiary/aromatic N) is 1. The van der Waals surface area contributed by atoms with E-state index in [2.05, 4.69) is 11.8 Å². The van der Waals surface area contributed by atoms with E-state index in [0.717, 1.165) is 25.6 Å². The molecule has 1 atom stereocenters. The van der Waals surface area contributed by atoms with Crippen LogP contribution >= 0.6 is 0 Å². The molecule has 0 heterocycles. The van der Waals surface area contributed by atoms with Crippen LogP contribution in [0.25, 0.3) is 0 Å². The van der Waals surface area contributed by atoms with Gasteiger partial charge in [-0.25, -0.2) is 0 Å². The van der Waals surface area contributed by atoms with Crippen molar-refractivity contribution in [3.05, 3.63) is 0 Å². The lowest BCUT2D eigenvalue weighted by Crippen LogP contribution is -2.51. The molecule has 0 spiro atoms. The highest BCUT2D eigenvalue weighted by molar-refractivity contribution is 4.90. The third kappa shape index (κ3) is 3.63. The molecule has 0 radical (unpaired) electrons. The van der Waals surface area contributed by atoms with Gasteiger partial charge in [-0.2, -0.15) is 0 Å². The third-order valence-electron chi connectivity index (χ3n) is 2.50. The molecular formula is C10H22N2O. The first-order chi connectivity index (χ1) is 6.09. The minimum atomic E-state index is -0.433. The van der Waals surface area contributed by atoms with Gasteiger partial charge in [0, 0.05) is 18.1 Å². The van der Waals surface area contributed by atoms with E-state index >= 15 is 0 Å². The Balaban J connectivity index is 2.36. The smallest absolute Gasteiger partial charge is 0.0621 e. The highest BCUT2D eigenvalue weighted by atomic mass is 16.3. The van der Waals surface area contributed by atoms with Crippen molar-refractivity contribution in [1.29, 1.82) is 0 Å². The van der Waals surface area contributed by atoms with Crippen LogP contribution in [0.3, 0.4) is 0 Å². The number of aliphatic hydroxyl groups is 1. The molecule has 3 nitrogen and oxygen atoms in total. The first kappa shape index (κ1) is 11.0. The van der Waals surface area contributed by atoms with Crippen LogP contribution in [0.1, 0.15) is 33.1 Å². The molecule has 0 saturated heterocycles. The van der Waals surface area contributed by atoms with Crippen LogP contribution in [-0.4, -0.2) is 41.3 Å². The molecule has 1 saturated carbocycles. The summed E-state index contributed by atoms with van der Waals surface area (Å²) in [7, 11) is 0. The van der Waals surface area contributed by atoms with E-state index in [1.165, 1.54) is 12.8 Å². The highest BCUT2D eigenvalue weighted by Gasteiger charge is 2.32. The van der Waals surface area contributed by atoms with Crippen LogP contribution in [0.2, 0.25) is 0 Å². The number of rotatable bonds is 6. The minimum Gasteiger partial charge on any atom is -0.394 e. The molecule has 1 unspecified atom stereocenters. The van der Waals surface area contributed by atoms with Gasteiger partial charge in [0.2, 0.25) is 0 Å². The lowest BCUT2D eigenvalue weighted by Gasteiger charge is -2.31. The minimum absolute atomic E-state index is 0.0694. The van der Waals surface area contributed by atoms with Crippen molar-refractivity contribution in [1.82, 2.24) is 4.90 Å². The van der Waals surface area contributed by atoms with E-state index in [-0.39, 0.29) is 6.61 Å². The molecule has 13 heavy (non-hydrogen) atoms. The molecule has 1 fully saturated rings. The molecule has 0 aromatic heterocycles. The van der Waals surface area contributed by atoms with Crippen LogP contribution in [0.5, 0.6) is 0 Å². The van der Waals surface area contributed by atoms with Gasteiger partial charge < -0.3 is 10.8 Å². The molecule has 3 heteroatoms. The SMILES string of the molecule is CCCN(CC(C)(N)CO)C1CC1. The fraction of sp³-hybridized carbons (Fsp3) is 1.00. The predicted octanol–water partition coefficient (Wildman–Crippen LogP) is 0.571. The van der Waals surface area contributed by atoms with Gasteiger partial charge in [-0.05, 0) is 32.7 Å². The average Bonchev–Trinajstić information content (AvgIpc) is 2.86. The quantitative estimate of drug-likeness (QED) is 0.637. The Morgan fingerprint density at radius 3 is 2.54 bits per heavy atom. The van der Waals surface area contributed by atoms with E-state index < -0.39 is 5.54 Å². The maximum Gasteiger partial charge on any atom is 0.0621 e. The van der Waals surface area contributed by atoms with Crippen molar-refractivity contribution >= 4 is 0 Å². The van der Waals surface area contributed by atoms with Crippen molar-refractivity contribution in [3.63, 3.8) is 0 Å². The van der Waals surface area contributed by atoms with Gasteiger partial charge in [-0.3, -0.25) is 4.90 Å². The largest absolute Gasteiger partial charge is 0.394 e. The summed E-state index contributed by atoms with van der Waals surface area (Å²) in [6.45, 7) is 6.10. The number of nitrogens with two attached hydrogens (primary N) is 1. The predicted molar refractivity (Wildman–Crippen MR) is 54.6 cm³/mol. The summed E-state index contributed by atoms with van der Waals surface area (Å²) in [5, 5.41) is 9.06. The second kappa shape index (κ2) is 4.40. The summed E-state index contributed by atoms with van der Waals surface area (Å²) in [6, 6.07) is 0.745. The van der Waals surface area contributed by atoms with Gasteiger partial charge in [0.05, 0.1) is 6.61 Å². The molecule has 0 bridgehead atoms. The Morgan fingerprint density at radius 2 is 2.15 bits per heavy atom. The van der Waals surface area contributed by atoms with E-state index in [1.807, 2.05) is 6.92 Å². The summed E-state index contributed by atoms with van der Waals surface area (Å²) < 4.78 is 0. The fourth-order valence-electron chi connectivity index (χ4n) is 1.63. The first-order valence-corrected chi connectivity index (χ1v) is 5.23. The van der Waals surface area contributed by atoms with Crippen LogP contribution in [0, 0.1) is 0 Å². The third-order valence-corrected chi connectivity index (χ3v) is 2.50. The number of aliphatic hydroxyl groups excluding tert-OH is 1. The van der Waals surface area contributed by atoms with Crippen molar-refractivity contribution in [3.8, 4) is 0 Å². The summed E-state index contributed by atoms with van der Waals surface area (Å²) >= 11 is 0. The van der Waals surface area contributed by atoms with Gasteiger partial charge in [-0.15, -0.1) is 0 Å². The topological polar surface area (TPSA) is 49.5 Å². The Labute approximate surface area is 80.9 Å². The Kier molecular flexibility index (Phi) is 3.71. The van der Waals surface area contributed by atoms with Crippen molar-refractivity contribution in [2.45, 2.75) is 44.7 Å². The van der Waals surface area contributed by atoms with Gasteiger partial charge in [-0.1, -0.05) is 6.92 Å². The summed E-state index contributed by atoms with van der Waals surface area (Å²) in [5.74, 6) is 0. The molecule has 0 amide bonds. The summed E-state index contributed by atoms with van der Waals surface area (Å²) in [5.41, 5.74) is 5.49. The van der Waals surface area contributed by atoms with E-state index in [4.69, 9.17) is 10.8 Å². The number of hydrogen-bond acceptors (Lipinski definition) is 3. The zero-order valence-corrected chi connectivity index (χ0v) is 8.79.